The minimum Gasteiger partial charge on any atom is -0.383 e. The topological polar surface area (TPSA) is 15.7 Å². The van der Waals surface area contributed by atoms with E-state index in [9.17, 15) is 0 Å². The zero-order valence-corrected chi connectivity index (χ0v) is 9.29. The van der Waals surface area contributed by atoms with Crippen LogP contribution in [0.25, 0.3) is 0 Å². The van der Waals surface area contributed by atoms with Crippen molar-refractivity contribution < 1.29 is 4.74 Å². The Labute approximate surface area is 81.0 Å². The average Bonchev–Trinajstić information content (AvgIpc) is 2.30. The highest BCUT2D eigenvalue weighted by molar-refractivity contribution is 5.15. The first-order valence-electron chi connectivity index (χ1n) is 4.75. The summed E-state index contributed by atoms with van der Waals surface area (Å²) in [5.74, 6) is 0. The summed E-state index contributed by atoms with van der Waals surface area (Å²) in [5.41, 5.74) is 2.73. The van der Waals surface area contributed by atoms with Gasteiger partial charge in [0.2, 0.25) is 0 Å². The van der Waals surface area contributed by atoms with Gasteiger partial charge in [0.1, 0.15) is 0 Å². The molecule has 0 aromatic carbocycles. The molecule has 1 atom stereocenters. The van der Waals surface area contributed by atoms with Crippen LogP contribution < -0.4 is 0 Å². The van der Waals surface area contributed by atoms with E-state index < -0.39 is 0 Å². The van der Waals surface area contributed by atoms with E-state index in [1.54, 1.807) is 7.11 Å². The summed E-state index contributed by atoms with van der Waals surface area (Å²) in [5, 5.41) is 0. The van der Waals surface area contributed by atoms with Crippen molar-refractivity contribution in [3.63, 3.8) is 0 Å². The van der Waals surface area contributed by atoms with E-state index in [1.165, 1.54) is 11.4 Å². The standard InChI is InChI=1S/C10H20N2O/c1-8-9(2)12(6-7-13-5)10(3)11(8)4/h10H,6-7H2,1-5H3. The molecular weight excluding hydrogens is 164 g/mol. The van der Waals surface area contributed by atoms with Crippen LogP contribution in [0.1, 0.15) is 20.8 Å². The van der Waals surface area contributed by atoms with Crippen molar-refractivity contribution in [3.8, 4) is 0 Å². The Morgan fingerprint density at radius 1 is 1.31 bits per heavy atom. The fraction of sp³-hybridized carbons (Fsp3) is 0.800. The fourth-order valence-electron chi connectivity index (χ4n) is 1.78. The van der Waals surface area contributed by atoms with Crippen molar-refractivity contribution in [2.24, 2.45) is 0 Å². The Morgan fingerprint density at radius 2 is 1.92 bits per heavy atom. The molecule has 0 fully saturated rings. The monoisotopic (exact) mass is 184 g/mol. The molecule has 0 saturated carbocycles. The molecule has 0 saturated heterocycles. The first kappa shape index (κ1) is 10.4. The first-order valence-corrected chi connectivity index (χ1v) is 4.75. The van der Waals surface area contributed by atoms with Crippen molar-refractivity contribution in [1.82, 2.24) is 9.80 Å². The largest absolute Gasteiger partial charge is 0.383 e. The van der Waals surface area contributed by atoms with E-state index in [0.717, 1.165) is 13.2 Å². The average molecular weight is 184 g/mol. The van der Waals surface area contributed by atoms with E-state index in [2.05, 4.69) is 37.6 Å². The van der Waals surface area contributed by atoms with Gasteiger partial charge in [-0.3, -0.25) is 0 Å². The molecule has 3 heteroatoms. The van der Waals surface area contributed by atoms with Crippen LogP contribution in [0.5, 0.6) is 0 Å². The van der Waals surface area contributed by atoms with Gasteiger partial charge in [-0.2, -0.15) is 0 Å². The minimum absolute atomic E-state index is 0.468. The summed E-state index contributed by atoms with van der Waals surface area (Å²) in [6.45, 7) is 8.33. The number of ether oxygens (including phenoxy) is 1. The van der Waals surface area contributed by atoms with Crippen LogP contribution in [0.4, 0.5) is 0 Å². The van der Waals surface area contributed by atoms with E-state index in [4.69, 9.17) is 4.74 Å². The number of rotatable bonds is 3. The second kappa shape index (κ2) is 4.01. The smallest absolute Gasteiger partial charge is 0.0980 e. The zero-order chi connectivity index (χ0) is 10.0. The summed E-state index contributed by atoms with van der Waals surface area (Å²) in [6, 6.07) is 0. The molecule has 0 radical (unpaired) electrons. The Bertz CT molecular complexity index is 213. The highest BCUT2D eigenvalue weighted by atomic mass is 16.5. The van der Waals surface area contributed by atoms with E-state index in [1.807, 2.05) is 0 Å². The maximum atomic E-state index is 5.09. The number of hydrogen-bond donors (Lipinski definition) is 0. The summed E-state index contributed by atoms with van der Waals surface area (Å²) in [7, 11) is 3.88. The van der Waals surface area contributed by atoms with Gasteiger partial charge in [0.25, 0.3) is 0 Å². The maximum Gasteiger partial charge on any atom is 0.0980 e. The van der Waals surface area contributed by atoms with Crippen LogP contribution in [-0.2, 0) is 4.74 Å². The molecule has 1 unspecified atom stereocenters. The second-order valence-electron chi connectivity index (χ2n) is 3.60. The third kappa shape index (κ3) is 1.80. The molecule has 0 aromatic rings. The Balaban J connectivity index is 2.65. The van der Waals surface area contributed by atoms with Gasteiger partial charge in [-0.25, -0.2) is 0 Å². The molecule has 13 heavy (non-hydrogen) atoms. The lowest BCUT2D eigenvalue weighted by Gasteiger charge is -2.29. The zero-order valence-electron chi connectivity index (χ0n) is 9.29. The predicted molar refractivity (Wildman–Crippen MR) is 54.2 cm³/mol. The Kier molecular flexibility index (Phi) is 3.20. The highest BCUT2D eigenvalue weighted by Crippen LogP contribution is 2.26. The summed E-state index contributed by atoms with van der Waals surface area (Å²) >= 11 is 0. The molecule has 0 aliphatic carbocycles. The third-order valence-corrected chi connectivity index (χ3v) is 3.03. The van der Waals surface area contributed by atoms with Crippen molar-refractivity contribution >= 4 is 0 Å². The molecule has 1 heterocycles. The van der Waals surface area contributed by atoms with Crippen LogP contribution in [0.2, 0.25) is 0 Å². The van der Waals surface area contributed by atoms with Gasteiger partial charge in [0, 0.05) is 32.1 Å². The van der Waals surface area contributed by atoms with Crippen LogP contribution in [0.15, 0.2) is 11.4 Å². The normalized spacial score (nSPS) is 23.3. The van der Waals surface area contributed by atoms with Crippen LogP contribution >= 0.6 is 0 Å². The molecule has 0 amide bonds. The van der Waals surface area contributed by atoms with Crippen LogP contribution in [-0.4, -0.2) is 43.3 Å². The summed E-state index contributed by atoms with van der Waals surface area (Å²) in [4.78, 5) is 4.67. The SMILES string of the molecule is COCCN1C(C)=C(C)N(C)C1C. The van der Waals surface area contributed by atoms with E-state index in [0.29, 0.717) is 6.17 Å². The van der Waals surface area contributed by atoms with Crippen molar-refractivity contribution in [1.29, 1.82) is 0 Å². The van der Waals surface area contributed by atoms with Gasteiger partial charge >= 0.3 is 0 Å². The van der Waals surface area contributed by atoms with Crippen molar-refractivity contribution in [2.75, 3.05) is 27.3 Å². The van der Waals surface area contributed by atoms with Gasteiger partial charge < -0.3 is 14.5 Å². The number of allylic oxidation sites excluding steroid dienone is 2. The Hall–Kier alpha value is -0.700. The molecule has 76 valence electrons. The Morgan fingerprint density at radius 3 is 2.31 bits per heavy atom. The quantitative estimate of drug-likeness (QED) is 0.660. The van der Waals surface area contributed by atoms with Crippen LogP contribution in [0, 0.1) is 0 Å². The van der Waals surface area contributed by atoms with Gasteiger partial charge in [0.15, 0.2) is 0 Å². The molecule has 3 nitrogen and oxygen atoms in total. The van der Waals surface area contributed by atoms with Gasteiger partial charge in [-0.15, -0.1) is 0 Å². The predicted octanol–water partition coefficient (Wildman–Crippen LogP) is 1.48. The van der Waals surface area contributed by atoms with Crippen molar-refractivity contribution in [2.45, 2.75) is 26.9 Å². The first-order chi connectivity index (χ1) is 6.09. The molecule has 0 N–H and O–H groups in total. The lowest BCUT2D eigenvalue weighted by molar-refractivity contribution is 0.121. The molecule has 0 spiro atoms. The molecule has 1 rings (SSSR count). The van der Waals surface area contributed by atoms with Crippen LogP contribution in [0.3, 0.4) is 0 Å². The lowest BCUT2D eigenvalue weighted by atomic mass is 10.3. The number of nitrogens with zero attached hydrogens (tertiary/aromatic N) is 2. The number of methoxy groups -OCH3 is 1. The van der Waals surface area contributed by atoms with Gasteiger partial charge in [-0.1, -0.05) is 0 Å². The molecular formula is C10H20N2O. The summed E-state index contributed by atoms with van der Waals surface area (Å²) < 4.78 is 5.09. The third-order valence-electron chi connectivity index (χ3n) is 3.03. The number of hydrogen-bond acceptors (Lipinski definition) is 3. The molecule has 0 bridgehead atoms. The highest BCUT2D eigenvalue weighted by Gasteiger charge is 2.27. The lowest BCUT2D eigenvalue weighted by Crippen LogP contribution is -2.37. The van der Waals surface area contributed by atoms with Gasteiger partial charge in [-0.05, 0) is 20.8 Å². The molecule has 1 aliphatic heterocycles. The van der Waals surface area contributed by atoms with E-state index in [-0.39, 0.29) is 0 Å². The fourth-order valence-corrected chi connectivity index (χ4v) is 1.78. The summed E-state index contributed by atoms with van der Waals surface area (Å²) in [6.07, 6.45) is 0.468. The van der Waals surface area contributed by atoms with Crippen molar-refractivity contribution in [3.05, 3.63) is 11.4 Å². The maximum absolute atomic E-state index is 5.09. The molecule has 0 aromatic heterocycles. The van der Waals surface area contributed by atoms with E-state index >= 15 is 0 Å². The second-order valence-corrected chi connectivity index (χ2v) is 3.60. The molecule has 1 aliphatic rings. The van der Waals surface area contributed by atoms with Gasteiger partial charge in [0.05, 0.1) is 12.8 Å². The minimum atomic E-state index is 0.468.